The zero-order valence-corrected chi connectivity index (χ0v) is 12.8. The molecule has 1 aliphatic heterocycles. The summed E-state index contributed by atoms with van der Waals surface area (Å²) < 4.78 is 4.07. The number of piperidine rings is 1. The number of nitrogens with one attached hydrogen (secondary N) is 1. The Morgan fingerprint density at radius 1 is 1.38 bits per heavy atom. The van der Waals surface area contributed by atoms with Gasteiger partial charge in [0.05, 0.1) is 0 Å². The molecule has 1 aliphatic rings. The number of amides is 2. The van der Waals surface area contributed by atoms with E-state index < -0.39 is 0 Å². The smallest absolute Gasteiger partial charge is 0.323 e. The van der Waals surface area contributed by atoms with Gasteiger partial charge in [-0.25, -0.2) is 9.78 Å². The Balaban J connectivity index is 1.64. The maximum Gasteiger partial charge on any atom is 0.323 e. The Labute approximate surface area is 128 Å². The average Bonchev–Trinajstić information content (AvgIpc) is 2.93. The van der Waals surface area contributed by atoms with E-state index in [0.717, 1.165) is 25.9 Å². The molecule has 0 unspecified atom stereocenters. The Bertz CT molecular complexity index is 613. The molecule has 6 heteroatoms. The van der Waals surface area contributed by atoms with Gasteiger partial charge in [-0.1, -0.05) is 30.3 Å². The van der Waals surface area contributed by atoms with Crippen LogP contribution in [0.1, 0.15) is 30.1 Å². The van der Waals surface area contributed by atoms with Gasteiger partial charge in [-0.2, -0.15) is 4.37 Å². The van der Waals surface area contributed by atoms with Gasteiger partial charge in [-0.3, -0.25) is 5.32 Å². The molecular weight excluding hydrogens is 284 g/mol. The van der Waals surface area contributed by atoms with Crippen LogP contribution in [0.15, 0.2) is 30.3 Å². The third-order valence-corrected chi connectivity index (χ3v) is 4.44. The first-order chi connectivity index (χ1) is 10.2. The first-order valence-corrected chi connectivity index (χ1v) is 7.91. The van der Waals surface area contributed by atoms with Crippen molar-refractivity contribution in [1.29, 1.82) is 0 Å². The molecule has 1 aromatic carbocycles. The Morgan fingerprint density at radius 2 is 2.19 bits per heavy atom. The number of aromatic nitrogens is 2. The molecule has 21 heavy (non-hydrogen) atoms. The number of likely N-dealkylation sites (tertiary alicyclic amines) is 1. The number of aryl methyl sites for hydroxylation is 1. The molecule has 0 bridgehead atoms. The van der Waals surface area contributed by atoms with Crippen LogP contribution >= 0.6 is 11.5 Å². The van der Waals surface area contributed by atoms with E-state index in [-0.39, 0.29) is 6.03 Å². The summed E-state index contributed by atoms with van der Waals surface area (Å²) in [6, 6.07) is 10.3. The summed E-state index contributed by atoms with van der Waals surface area (Å²) in [5.41, 5.74) is 1.31. The number of anilines is 1. The topological polar surface area (TPSA) is 58.1 Å². The number of hydrogen-bond acceptors (Lipinski definition) is 4. The van der Waals surface area contributed by atoms with E-state index in [1.807, 2.05) is 17.9 Å². The first kappa shape index (κ1) is 14.0. The number of benzene rings is 1. The molecule has 3 rings (SSSR count). The predicted molar refractivity (Wildman–Crippen MR) is 83.7 cm³/mol. The molecular formula is C15H18N4OS. The van der Waals surface area contributed by atoms with Crippen molar-refractivity contribution in [2.75, 3.05) is 18.4 Å². The largest absolute Gasteiger partial charge is 0.324 e. The lowest BCUT2D eigenvalue weighted by Gasteiger charge is -2.32. The lowest BCUT2D eigenvalue weighted by atomic mass is 9.91. The molecule has 1 N–H and O–H groups in total. The minimum atomic E-state index is -0.0771. The fourth-order valence-electron chi connectivity index (χ4n) is 2.68. The highest BCUT2D eigenvalue weighted by molar-refractivity contribution is 7.09. The van der Waals surface area contributed by atoms with Crippen molar-refractivity contribution < 1.29 is 4.79 Å². The van der Waals surface area contributed by atoms with Gasteiger partial charge in [0.2, 0.25) is 5.13 Å². The quantitative estimate of drug-likeness (QED) is 0.926. The van der Waals surface area contributed by atoms with Crippen LogP contribution in [0, 0.1) is 6.92 Å². The lowest BCUT2D eigenvalue weighted by molar-refractivity contribution is 0.193. The lowest BCUT2D eigenvalue weighted by Crippen LogP contribution is -2.41. The van der Waals surface area contributed by atoms with Crippen LogP contribution in [0.25, 0.3) is 0 Å². The Hall–Kier alpha value is -1.95. The van der Waals surface area contributed by atoms with Crippen molar-refractivity contribution in [3.63, 3.8) is 0 Å². The van der Waals surface area contributed by atoms with E-state index in [1.165, 1.54) is 17.1 Å². The van der Waals surface area contributed by atoms with E-state index in [2.05, 4.69) is 38.9 Å². The van der Waals surface area contributed by atoms with E-state index in [4.69, 9.17) is 0 Å². The van der Waals surface area contributed by atoms with Gasteiger partial charge in [0.25, 0.3) is 0 Å². The fourth-order valence-corrected chi connectivity index (χ4v) is 3.24. The van der Waals surface area contributed by atoms with E-state index in [0.29, 0.717) is 16.9 Å². The molecule has 0 saturated carbocycles. The number of urea groups is 1. The highest BCUT2D eigenvalue weighted by Gasteiger charge is 2.25. The summed E-state index contributed by atoms with van der Waals surface area (Å²) in [5.74, 6) is 1.11. The molecule has 1 fully saturated rings. The Kier molecular flexibility index (Phi) is 4.15. The van der Waals surface area contributed by atoms with Crippen molar-refractivity contribution in [3.05, 3.63) is 41.7 Å². The normalized spacial score (nSPS) is 18.5. The number of carbonyl (C=O) groups excluding carboxylic acids is 1. The van der Waals surface area contributed by atoms with Gasteiger partial charge in [-0.15, -0.1) is 0 Å². The molecule has 0 radical (unpaired) electrons. The molecule has 1 aromatic heterocycles. The predicted octanol–water partition coefficient (Wildman–Crippen LogP) is 3.26. The van der Waals surface area contributed by atoms with Crippen LogP contribution in [-0.4, -0.2) is 33.4 Å². The second-order valence-electron chi connectivity index (χ2n) is 5.27. The molecule has 1 saturated heterocycles. The van der Waals surface area contributed by atoms with Crippen molar-refractivity contribution in [2.45, 2.75) is 25.7 Å². The summed E-state index contributed by atoms with van der Waals surface area (Å²) in [5, 5.41) is 3.41. The summed E-state index contributed by atoms with van der Waals surface area (Å²) in [7, 11) is 0. The van der Waals surface area contributed by atoms with E-state index in [9.17, 15) is 4.79 Å². The number of carbonyl (C=O) groups is 1. The van der Waals surface area contributed by atoms with Crippen molar-refractivity contribution in [2.24, 2.45) is 0 Å². The maximum absolute atomic E-state index is 12.3. The zero-order chi connectivity index (χ0) is 14.7. The third kappa shape index (κ3) is 3.39. The van der Waals surface area contributed by atoms with Gasteiger partial charge >= 0.3 is 6.03 Å². The van der Waals surface area contributed by atoms with Gasteiger partial charge in [0.15, 0.2) is 0 Å². The van der Waals surface area contributed by atoms with Gasteiger partial charge < -0.3 is 4.90 Å². The van der Waals surface area contributed by atoms with Crippen LogP contribution in [0.3, 0.4) is 0 Å². The average molecular weight is 302 g/mol. The summed E-state index contributed by atoms with van der Waals surface area (Å²) >= 11 is 1.22. The van der Waals surface area contributed by atoms with Gasteiger partial charge in [0, 0.05) is 30.5 Å². The number of nitrogens with zero attached hydrogens (tertiary/aromatic N) is 3. The zero-order valence-electron chi connectivity index (χ0n) is 12.0. The monoisotopic (exact) mass is 302 g/mol. The number of hydrogen-bond donors (Lipinski definition) is 1. The standard InChI is InChI=1S/C15H18N4OS/c1-11-16-14(21-18-11)17-15(20)19-9-5-8-13(10-19)12-6-3-2-4-7-12/h2-4,6-7,13H,5,8-10H2,1H3,(H,16,17,18,20)/t13-/m1/s1. The minimum absolute atomic E-state index is 0.0771. The third-order valence-electron chi connectivity index (χ3n) is 3.72. The van der Waals surface area contributed by atoms with E-state index >= 15 is 0 Å². The van der Waals surface area contributed by atoms with Gasteiger partial charge in [0.1, 0.15) is 5.82 Å². The molecule has 2 heterocycles. The highest BCUT2D eigenvalue weighted by atomic mass is 32.1. The van der Waals surface area contributed by atoms with E-state index in [1.54, 1.807) is 0 Å². The molecule has 1 atom stereocenters. The fraction of sp³-hybridized carbons (Fsp3) is 0.400. The molecule has 110 valence electrons. The highest BCUT2D eigenvalue weighted by Crippen LogP contribution is 2.27. The Morgan fingerprint density at radius 3 is 2.90 bits per heavy atom. The summed E-state index contributed by atoms with van der Waals surface area (Å²) in [6.45, 7) is 3.37. The molecule has 0 spiro atoms. The van der Waals surface area contributed by atoms with Crippen molar-refractivity contribution in [1.82, 2.24) is 14.3 Å². The molecule has 2 aromatic rings. The molecule has 5 nitrogen and oxygen atoms in total. The second kappa shape index (κ2) is 6.22. The molecule has 2 amide bonds. The van der Waals surface area contributed by atoms with Crippen LogP contribution in [0.5, 0.6) is 0 Å². The minimum Gasteiger partial charge on any atom is -0.324 e. The summed E-state index contributed by atoms with van der Waals surface area (Å²) in [6.07, 6.45) is 2.16. The van der Waals surface area contributed by atoms with Crippen LogP contribution in [-0.2, 0) is 0 Å². The van der Waals surface area contributed by atoms with Crippen LogP contribution in [0.2, 0.25) is 0 Å². The molecule has 0 aliphatic carbocycles. The van der Waals surface area contributed by atoms with Crippen LogP contribution in [0.4, 0.5) is 9.93 Å². The number of rotatable bonds is 2. The van der Waals surface area contributed by atoms with Crippen LogP contribution < -0.4 is 5.32 Å². The SMILES string of the molecule is Cc1nsc(NC(=O)N2CCC[C@@H](c3ccccc3)C2)n1. The van der Waals surface area contributed by atoms with Crippen molar-refractivity contribution in [3.8, 4) is 0 Å². The van der Waals surface area contributed by atoms with Gasteiger partial charge in [-0.05, 0) is 25.3 Å². The first-order valence-electron chi connectivity index (χ1n) is 7.13. The van der Waals surface area contributed by atoms with Crippen molar-refractivity contribution >= 4 is 22.7 Å². The maximum atomic E-state index is 12.3. The summed E-state index contributed by atoms with van der Waals surface area (Å²) in [4.78, 5) is 18.4. The second-order valence-corrected chi connectivity index (χ2v) is 6.02.